The van der Waals surface area contributed by atoms with Crippen LogP contribution in [-0.2, 0) is 31.1 Å². The van der Waals surface area contributed by atoms with Crippen LogP contribution in [0.25, 0.3) is 0 Å². The van der Waals surface area contributed by atoms with E-state index < -0.39 is 31.1 Å². The van der Waals surface area contributed by atoms with Crippen LogP contribution < -0.4 is 9.80 Å². The maximum Gasteiger partial charge on any atom is 0.265 e. The fraction of sp³-hybridized carbons (Fsp3) is 0.286. The molecule has 2 aliphatic heterocycles. The Morgan fingerprint density at radius 2 is 1.27 bits per heavy atom. The van der Waals surface area contributed by atoms with Crippen LogP contribution in [0.3, 0.4) is 0 Å². The second kappa shape index (κ2) is 16.6. The summed E-state index contributed by atoms with van der Waals surface area (Å²) in [7, 11) is -8.24. The molecule has 0 radical (unpaired) electrons. The summed E-state index contributed by atoms with van der Waals surface area (Å²) in [6, 6.07) is 33.2. The molecule has 2 heterocycles. The number of nitrogens with zero attached hydrogens (tertiary/aromatic N) is 3. The van der Waals surface area contributed by atoms with E-state index in [0.717, 1.165) is 73.3 Å². The lowest BCUT2D eigenvalue weighted by atomic mass is 9.80. The van der Waals surface area contributed by atoms with Crippen molar-refractivity contribution in [1.82, 2.24) is 0 Å². The van der Waals surface area contributed by atoms with Crippen molar-refractivity contribution in [2.75, 3.05) is 34.4 Å². The number of allylic oxidation sites excluding steroid dienone is 8. The molecule has 0 unspecified atom stereocenters. The highest BCUT2D eigenvalue weighted by molar-refractivity contribution is 7.86. The molecule has 1 aliphatic carbocycles. The molecule has 0 bridgehead atoms. The molecule has 0 fully saturated rings. The van der Waals surface area contributed by atoms with Crippen molar-refractivity contribution >= 4 is 48.7 Å². The lowest BCUT2D eigenvalue weighted by molar-refractivity contribution is -0.437. The van der Waals surface area contributed by atoms with Gasteiger partial charge in [-0.2, -0.15) is 21.4 Å². The van der Waals surface area contributed by atoms with Gasteiger partial charge in [0.2, 0.25) is 5.69 Å². The first-order chi connectivity index (χ1) is 28.3. The van der Waals surface area contributed by atoms with E-state index >= 15 is 0 Å². The molecule has 0 spiro atoms. The van der Waals surface area contributed by atoms with Crippen LogP contribution in [0.4, 0.5) is 22.7 Å². The van der Waals surface area contributed by atoms with E-state index in [-0.39, 0.29) is 24.3 Å². The van der Waals surface area contributed by atoms with Crippen LogP contribution in [-0.4, -0.2) is 60.8 Å². The smallest absolute Gasteiger partial charge is 0.265 e. The zero-order valence-electron chi connectivity index (χ0n) is 35.1. The van der Waals surface area contributed by atoms with Gasteiger partial charge in [-0.05, 0) is 99.4 Å². The standard InChI is InChI=1S/C49H53N3O6S2/c1-35-19-25-43-41(33-35)48(3,4)45(50(43)29-13-31-59(53,54)55)27-23-37-21-22-38(47(37)52(39-15-9-7-10-16-39)40-17-11-8-12-18-40)24-28-46-49(5,6)42-34-36(2)20-26-44(42)51(46)30-14-32-60(56,57)58/h7-12,15-28,33-34H,13-14,29-32H2,1-6H3,(H-,53,54,55,56,57,58)/p+1. The second-order valence-corrected chi connectivity index (χ2v) is 20.1. The second-order valence-electron chi connectivity index (χ2n) is 16.9. The molecular formula is C49H54N3O6S2+. The first kappa shape index (κ1) is 42.8. The molecular weight excluding hydrogens is 791 g/mol. The minimum Gasteiger partial charge on any atom is -0.344 e. The Kier molecular flexibility index (Phi) is 11.8. The third kappa shape index (κ3) is 8.90. The van der Waals surface area contributed by atoms with Gasteiger partial charge in [-0.15, -0.1) is 0 Å². The topological polar surface area (TPSA) is 118 Å². The molecule has 4 aromatic carbocycles. The molecule has 9 nitrogen and oxygen atoms in total. The minimum atomic E-state index is -4.12. The summed E-state index contributed by atoms with van der Waals surface area (Å²) in [5.74, 6) is -0.654. The number of hydrogen-bond acceptors (Lipinski definition) is 6. The molecule has 2 N–H and O–H groups in total. The highest BCUT2D eigenvalue weighted by Gasteiger charge is 2.44. The number of benzene rings is 4. The Labute approximate surface area is 355 Å². The molecule has 0 atom stereocenters. The average Bonchev–Trinajstić information content (AvgIpc) is 3.74. The molecule has 0 saturated heterocycles. The van der Waals surface area contributed by atoms with Crippen LogP contribution >= 0.6 is 0 Å². The van der Waals surface area contributed by atoms with Crippen molar-refractivity contribution < 1.29 is 30.5 Å². The van der Waals surface area contributed by atoms with Crippen molar-refractivity contribution in [3.63, 3.8) is 0 Å². The van der Waals surface area contributed by atoms with Crippen molar-refractivity contribution in [2.24, 2.45) is 0 Å². The normalized spacial score (nSPS) is 18.4. The van der Waals surface area contributed by atoms with Gasteiger partial charge in [0.1, 0.15) is 6.54 Å². The summed E-state index contributed by atoms with van der Waals surface area (Å²) in [4.78, 5) is 4.44. The van der Waals surface area contributed by atoms with Gasteiger partial charge >= 0.3 is 0 Å². The molecule has 7 rings (SSSR count). The maximum absolute atomic E-state index is 11.8. The summed E-state index contributed by atoms with van der Waals surface area (Å²) in [5, 5.41) is 0. The number of para-hydroxylation sites is 2. The van der Waals surface area contributed by atoms with Crippen LogP contribution in [0, 0.1) is 13.8 Å². The van der Waals surface area contributed by atoms with Gasteiger partial charge < -0.3 is 9.80 Å². The Balaban J connectivity index is 1.39. The van der Waals surface area contributed by atoms with Crippen molar-refractivity contribution in [2.45, 2.75) is 65.2 Å². The highest BCUT2D eigenvalue weighted by Crippen LogP contribution is 2.49. The summed E-state index contributed by atoms with van der Waals surface area (Å²) < 4.78 is 68.4. The Hall–Kier alpha value is -5.33. The van der Waals surface area contributed by atoms with Gasteiger partial charge in [0, 0.05) is 58.8 Å². The van der Waals surface area contributed by atoms with Crippen LogP contribution in [0.1, 0.15) is 62.8 Å². The molecule has 0 aromatic heterocycles. The van der Waals surface area contributed by atoms with Crippen molar-refractivity contribution in [3.8, 4) is 0 Å². The van der Waals surface area contributed by atoms with Gasteiger partial charge in [-0.1, -0.05) is 97.8 Å². The van der Waals surface area contributed by atoms with E-state index in [9.17, 15) is 25.9 Å². The third-order valence-corrected chi connectivity index (χ3v) is 13.4. The molecule has 11 heteroatoms. The number of rotatable bonds is 14. The van der Waals surface area contributed by atoms with Crippen LogP contribution in [0.15, 0.2) is 156 Å². The van der Waals surface area contributed by atoms with E-state index in [2.05, 4.69) is 153 Å². The van der Waals surface area contributed by atoms with Crippen LogP contribution in [0.2, 0.25) is 0 Å². The number of anilines is 3. The quantitative estimate of drug-likeness (QED) is 0.0952. The minimum absolute atomic E-state index is 0.261. The third-order valence-electron chi connectivity index (χ3n) is 11.7. The maximum atomic E-state index is 11.8. The van der Waals surface area contributed by atoms with Gasteiger partial charge in [-0.3, -0.25) is 9.11 Å². The molecule has 312 valence electrons. The zero-order valence-corrected chi connectivity index (χ0v) is 36.8. The lowest BCUT2D eigenvalue weighted by Crippen LogP contribution is -2.28. The summed E-state index contributed by atoms with van der Waals surface area (Å²) >= 11 is 0. The van der Waals surface area contributed by atoms with Gasteiger partial charge in [-0.25, -0.2) is 0 Å². The summed E-state index contributed by atoms with van der Waals surface area (Å²) in [6.45, 7) is 13.7. The monoisotopic (exact) mass is 844 g/mol. The van der Waals surface area contributed by atoms with E-state index in [1.54, 1.807) is 0 Å². The van der Waals surface area contributed by atoms with E-state index in [0.29, 0.717) is 13.1 Å². The Morgan fingerprint density at radius 3 is 1.88 bits per heavy atom. The van der Waals surface area contributed by atoms with E-state index in [1.165, 1.54) is 0 Å². The highest BCUT2D eigenvalue weighted by atomic mass is 32.2. The predicted octanol–water partition coefficient (Wildman–Crippen LogP) is 10.1. The fourth-order valence-corrected chi connectivity index (χ4v) is 9.79. The molecule has 4 aromatic rings. The number of fused-ring (bicyclic) bond motifs is 2. The van der Waals surface area contributed by atoms with Gasteiger partial charge in [0.15, 0.2) is 5.71 Å². The van der Waals surface area contributed by atoms with Crippen molar-refractivity contribution in [3.05, 3.63) is 178 Å². The largest absolute Gasteiger partial charge is 0.344 e. The SMILES string of the molecule is Cc1ccc2c(c1)C(C)(C)C(/C=C/C1=C(N(c3ccccc3)c3ccccc3)C(=C/C=C3/N(CCCS(=O)(=O)O)c4ccc(C)cc4C3(C)C)/C=C1)=[N+]2CCCS(=O)(=O)O. The summed E-state index contributed by atoms with van der Waals surface area (Å²) in [5.41, 5.74) is 12.7. The first-order valence-electron chi connectivity index (χ1n) is 20.3. The number of hydrogen-bond donors (Lipinski definition) is 2. The van der Waals surface area contributed by atoms with Crippen LogP contribution in [0.5, 0.6) is 0 Å². The van der Waals surface area contributed by atoms with Crippen molar-refractivity contribution in [1.29, 1.82) is 0 Å². The van der Waals surface area contributed by atoms with E-state index in [1.807, 2.05) is 36.4 Å². The van der Waals surface area contributed by atoms with Gasteiger partial charge in [0.25, 0.3) is 20.2 Å². The number of aryl methyl sites for hydroxylation is 2. The fourth-order valence-electron chi connectivity index (χ4n) is 8.80. The molecule has 3 aliphatic rings. The first-order valence-corrected chi connectivity index (χ1v) is 23.6. The average molecular weight is 845 g/mol. The Morgan fingerprint density at radius 1 is 0.683 bits per heavy atom. The Bertz CT molecular complexity index is 2690. The molecule has 60 heavy (non-hydrogen) atoms. The molecule has 0 saturated carbocycles. The summed E-state index contributed by atoms with van der Waals surface area (Å²) in [6.07, 6.45) is 13.4. The predicted molar refractivity (Wildman–Crippen MR) is 244 cm³/mol. The van der Waals surface area contributed by atoms with E-state index in [4.69, 9.17) is 0 Å². The lowest BCUT2D eigenvalue weighted by Gasteiger charge is -2.29. The molecule has 0 amide bonds. The van der Waals surface area contributed by atoms with Gasteiger partial charge in [0.05, 0.1) is 22.6 Å². The zero-order chi connectivity index (χ0) is 43.0.